The summed E-state index contributed by atoms with van der Waals surface area (Å²) < 4.78 is 39.3. The van der Waals surface area contributed by atoms with Gasteiger partial charge in [0.1, 0.15) is 12.7 Å². The Hall–Kier alpha value is -3.60. The molecule has 0 aromatic heterocycles. The van der Waals surface area contributed by atoms with Crippen LogP contribution in [-0.2, 0) is 42.2 Å². The van der Waals surface area contributed by atoms with Gasteiger partial charge in [0.15, 0.2) is 6.10 Å². The van der Waals surface area contributed by atoms with E-state index in [9.17, 15) is 28.9 Å². The van der Waals surface area contributed by atoms with Gasteiger partial charge in [-0.25, -0.2) is 4.57 Å². The fourth-order valence-corrected chi connectivity index (χ4v) is 7.73. The van der Waals surface area contributed by atoms with E-state index >= 15 is 0 Å². The van der Waals surface area contributed by atoms with Crippen LogP contribution in [0.3, 0.4) is 0 Å². The molecule has 0 aliphatic heterocycles. The molecule has 0 rings (SSSR count). The molecule has 0 spiro atoms. The number of rotatable bonds is 49. The summed E-state index contributed by atoms with van der Waals surface area (Å²) in [6.45, 7) is 4.29. The van der Waals surface area contributed by atoms with Crippen molar-refractivity contribution in [3.8, 4) is 0 Å². The normalized spacial score (nSPS) is 14.2. The number of carbonyl (C=O) groups excluding carboxylic acids is 3. The zero-order valence-corrected chi connectivity index (χ0v) is 44.8. The van der Waals surface area contributed by atoms with Crippen LogP contribution in [0.5, 0.6) is 0 Å². The van der Waals surface area contributed by atoms with Crippen molar-refractivity contribution in [2.45, 2.75) is 226 Å². The fourth-order valence-electron chi connectivity index (χ4n) is 6.95. The molecule has 11 nitrogen and oxygen atoms in total. The Kier molecular flexibility index (Phi) is 49.1. The second-order valence-electron chi connectivity index (χ2n) is 17.6. The lowest BCUT2D eigenvalue weighted by atomic mass is 10.0. The van der Waals surface area contributed by atoms with Crippen molar-refractivity contribution < 1.29 is 52.2 Å². The summed E-state index contributed by atoms with van der Waals surface area (Å²) in [5.74, 6) is -1.60. The van der Waals surface area contributed by atoms with Crippen molar-refractivity contribution in [1.82, 2.24) is 0 Å². The van der Waals surface area contributed by atoms with Gasteiger partial charge in [-0.2, -0.15) is 0 Å². The molecular weight excluding hydrogens is 904 g/mol. The molecule has 3 unspecified atom stereocenters. The molecule has 0 radical (unpaired) electrons. The number of phosphoric ester groups is 1. The van der Waals surface area contributed by atoms with E-state index in [0.29, 0.717) is 19.3 Å². The third-order valence-corrected chi connectivity index (χ3v) is 12.0. The van der Waals surface area contributed by atoms with E-state index in [0.717, 1.165) is 96.3 Å². The first-order valence-corrected chi connectivity index (χ1v) is 28.6. The van der Waals surface area contributed by atoms with Gasteiger partial charge in [-0.05, 0) is 83.5 Å². The Balaban J connectivity index is 4.84. The van der Waals surface area contributed by atoms with Gasteiger partial charge in [0.05, 0.1) is 19.8 Å². The molecule has 0 aliphatic carbocycles. The fraction of sp³-hybridized carbons (Fsp3) is 0.672. The summed E-state index contributed by atoms with van der Waals surface area (Å²) in [5, 5.41) is 9.79. The molecule has 12 heteroatoms. The van der Waals surface area contributed by atoms with E-state index in [1.807, 2.05) is 12.2 Å². The van der Waals surface area contributed by atoms with Gasteiger partial charge < -0.3 is 24.2 Å². The van der Waals surface area contributed by atoms with E-state index in [4.69, 9.17) is 23.3 Å². The molecule has 0 aliphatic rings. The van der Waals surface area contributed by atoms with E-state index < -0.39 is 57.8 Å². The SMILES string of the molecule is CC/C=C\C/C=C\C/C=C\C/C=C\CCCCCCC(=O)OCC(COP(=O)(O)OCC(CO)OC(=O)CCCCCCCCCCCCCCC)OC(=O)CC/C=C\C/C=C\C/C=C\C/C=C\CC. The minimum Gasteiger partial charge on any atom is -0.462 e. The van der Waals surface area contributed by atoms with Crippen LogP contribution in [0.25, 0.3) is 0 Å². The van der Waals surface area contributed by atoms with Crippen molar-refractivity contribution in [1.29, 1.82) is 0 Å². The number of carbonyl (C=O) groups is 3. The summed E-state index contributed by atoms with van der Waals surface area (Å²) in [6.07, 6.45) is 59.6. The van der Waals surface area contributed by atoms with Crippen LogP contribution in [0.1, 0.15) is 213 Å². The van der Waals surface area contributed by atoms with Crippen molar-refractivity contribution in [2.24, 2.45) is 0 Å². The molecule has 0 amide bonds. The summed E-state index contributed by atoms with van der Waals surface area (Å²) in [7, 11) is -4.77. The number of aliphatic hydroxyl groups excluding tert-OH is 1. The van der Waals surface area contributed by atoms with Crippen LogP contribution in [0.4, 0.5) is 0 Å². The van der Waals surface area contributed by atoms with E-state index in [1.165, 1.54) is 57.8 Å². The quantitative estimate of drug-likeness (QED) is 0.0197. The predicted molar refractivity (Wildman–Crippen MR) is 288 cm³/mol. The number of phosphoric acid groups is 1. The van der Waals surface area contributed by atoms with Crippen molar-refractivity contribution in [3.63, 3.8) is 0 Å². The minimum atomic E-state index is -4.77. The summed E-state index contributed by atoms with van der Waals surface area (Å²) >= 11 is 0. The maximum absolute atomic E-state index is 12.9. The summed E-state index contributed by atoms with van der Waals surface area (Å²) in [6, 6.07) is 0. The van der Waals surface area contributed by atoms with Crippen LogP contribution in [0.2, 0.25) is 0 Å². The third kappa shape index (κ3) is 49.4. The highest BCUT2D eigenvalue weighted by atomic mass is 31.2. The highest BCUT2D eigenvalue weighted by Gasteiger charge is 2.28. The summed E-state index contributed by atoms with van der Waals surface area (Å²) in [4.78, 5) is 48.3. The standard InChI is InChI=1S/C58H97O11P/c1-4-7-10-13-16-19-22-25-26-27-28-31-32-35-38-41-44-47-56(60)65-51-55(69-58(62)49-46-43-40-37-34-30-24-21-18-15-12-9-6-3)53-67-70(63,64)66-52-54(50-59)68-57(61)48-45-42-39-36-33-29-23-20-17-14-11-8-5-2/h7,9-10,12,16,18-19,21,25-26,28,30-31,34,40,43,54-55,59H,4-6,8,11,13-15,17,20,22-24,27,29,32-33,35-39,41-42,44-53H2,1-3H3,(H,63,64)/b10-7-,12-9-,19-16-,21-18-,26-25-,31-28-,34-30-,43-40-. The first kappa shape index (κ1) is 66.4. The number of esters is 3. The lowest BCUT2D eigenvalue weighted by molar-refractivity contribution is -0.161. The maximum Gasteiger partial charge on any atom is 0.472 e. The Morgan fingerprint density at radius 3 is 1.23 bits per heavy atom. The van der Waals surface area contributed by atoms with Crippen LogP contribution in [0, 0.1) is 0 Å². The summed E-state index contributed by atoms with van der Waals surface area (Å²) in [5.41, 5.74) is 0. The second kappa shape index (κ2) is 51.7. The lowest BCUT2D eigenvalue weighted by Crippen LogP contribution is -2.30. The molecule has 0 saturated heterocycles. The smallest absolute Gasteiger partial charge is 0.462 e. The average Bonchev–Trinajstić information content (AvgIpc) is 3.35. The van der Waals surface area contributed by atoms with Crippen LogP contribution in [0.15, 0.2) is 97.2 Å². The Morgan fingerprint density at radius 2 is 0.771 bits per heavy atom. The van der Waals surface area contributed by atoms with E-state index in [-0.39, 0.29) is 25.9 Å². The van der Waals surface area contributed by atoms with Gasteiger partial charge in [-0.15, -0.1) is 0 Å². The largest absolute Gasteiger partial charge is 0.472 e. The first-order chi connectivity index (χ1) is 34.2. The highest BCUT2D eigenvalue weighted by molar-refractivity contribution is 7.47. The molecule has 70 heavy (non-hydrogen) atoms. The molecule has 0 aromatic rings. The molecule has 2 N–H and O–H groups in total. The Morgan fingerprint density at radius 1 is 0.414 bits per heavy atom. The molecule has 0 bridgehead atoms. The van der Waals surface area contributed by atoms with Gasteiger partial charge in [0.2, 0.25) is 0 Å². The highest BCUT2D eigenvalue weighted by Crippen LogP contribution is 2.43. The number of unbranched alkanes of at least 4 members (excludes halogenated alkanes) is 16. The number of hydrogen-bond acceptors (Lipinski definition) is 10. The van der Waals surface area contributed by atoms with Gasteiger partial charge in [-0.1, -0.05) is 208 Å². The van der Waals surface area contributed by atoms with E-state index in [1.54, 1.807) is 0 Å². The molecule has 0 aromatic carbocycles. The first-order valence-electron chi connectivity index (χ1n) is 27.1. The second-order valence-corrected chi connectivity index (χ2v) is 19.1. The zero-order chi connectivity index (χ0) is 51.3. The van der Waals surface area contributed by atoms with E-state index in [2.05, 4.69) is 106 Å². The van der Waals surface area contributed by atoms with Crippen molar-refractivity contribution >= 4 is 25.7 Å². The van der Waals surface area contributed by atoms with Crippen molar-refractivity contribution in [3.05, 3.63) is 97.2 Å². The van der Waals surface area contributed by atoms with Crippen LogP contribution in [-0.4, -0.2) is 66.5 Å². The van der Waals surface area contributed by atoms with Gasteiger partial charge in [0, 0.05) is 19.3 Å². The third-order valence-electron chi connectivity index (χ3n) is 11.0. The average molecular weight is 1000 g/mol. The van der Waals surface area contributed by atoms with Gasteiger partial charge >= 0.3 is 25.7 Å². The van der Waals surface area contributed by atoms with Crippen LogP contribution < -0.4 is 0 Å². The Bertz CT molecular complexity index is 1540. The molecule has 400 valence electrons. The number of hydrogen-bond donors (Lipinski definition) is 2. The molecule has 3 atom stereocenters. The molecular formula is C58H97O11P. The molecule has 0 saturated carbocycles. The zero-order valence-electron chi connectivity index (χ0n) is 43.9. The molecule has 0 fully saturated rings. The molecule has 0 heterocycles. The maximum atomic E-state index is 12.9. The lowest BCUT2D eigenvalue weighted by Gasteiger charge is -2.21. The minimum absolute atomic E-state index is 0.0374. The van der Waals surface area contributed by atoms with Crippen molar-refractivity contribution in [2.75, 3.05) is 26.4 Å². The van der Waals surface area contributed by atoms with Gasteiger partial charge in [-0.3, -0.25) is 23.4 Å². The van der Waals surface area contributed by atoms with Gasteiger partial charge in [0.25, 0.3) is 0 Å². The monoisotopic (exact) mass is 1000 g/mol. The number of aliphatic hydroxyl groups is 1. The number of allylic oxidation sites excluding steroid dienone is 16. The Labute approximate surface area is 425 Å². The topological polar surface area (TPSA) is 155 Å². The van der Waals surface area contributed by atoms with Crippen LogP contribution >= 0.6 is 7.82 Å². The predicted octanol–water partition coefficient (Wildman–Crippen LogP) is 15.7. The number of ether oxygens (including phenoxy) is 3.